The lowest BCUT2D eigenvalue weighted by Gasteiger charge is -2.14. The van der Waals surface area contributed by atoms with Gasteiger partial charge in [0, 0.05) is 19.8 Å². The molecule has 15 heavy (non-hydrogen) atoms. The first-order valence-electron chi connectivity index (χ1n) is 4.67. The molecule has 0 aromatic heterocycles. The van der Waals surface area contributed by atoms with Crippen LogP contribution in [-0.4, -0.2) is 31.3 Å². The summed E-state index contributed by atoms with van der Waals surface area (Å²) in [6, 6.07) is 7.28. The molecule has 0 saturated carbocycles. The number of ether oxygens (including phenoxy) is 1. The average molecular weight is 209 g/mol. The Morgan fingerprint density at radius 2 is 1.87 bits per heavy atom. The second-order valence-electron chi connectivity index (χ2n) is 3.49. The van der Waals surface area contributed by atoms with Gasteiger partial charge in [-0.3, -0.25) is 0 Å². The van der Waals surface area contributed by atoms with Gasteiger partial charge in [0.15, 0.2) is 6.10 Å². The highest BCUT2D eigenvalue weighted by Gasteiger charge is 2.11. The van der Waals surface area contributed by atoms with Gasteiger partial charge in [-0.15, -0.1) is 0 Å². The van der Waals surface area contributed by atoms with Gasteiger partial charge >= 0.3 is 5.97 Å². The van der Waals surface area contributed by atoms with Crippen LogP contribution in [0, 0.1) is 0 Å². The van der Waals surface area contributed by atoms with Crippen LogP contribution in [0.15, 0.2) is 24.3 Å². The van der Waals surface area contributed by atoms with Crippen molar-refractivity contribution in [2.75, 3.05) is 19.0 Å². The van der Waals surface area contributed by atoms with Crippen LogP contribution in [0.2, 0.25) is 0 Å². The quantitative estimate of drug-likeness (QED) is 0.818. The molecule has 0 fully saturated rings. The van der Waals surface area contributed by atoms with E-state index in [1.165, 1.54) is 6.92 Å². The maximum Gasteiger partial charge on any atom is 0.344 e. The Balaban J connectivity index is 2.68. The predicted octanol–water partition coefficient (Wildman–Crippen LogP) is 1.60. The van der Waals surface area contributed by atoms with Gasteiger partial charge in [0.1, 0.15) is 5.75 Å². The molecule has 0 aliphatic rings. The van der Waals surface area contributed by atoms with E-state index in [1.807, 2.05) is 31.1 Å². The molecule has 0 spiro atoms. The second kappa shape index (κ2) is 4.68. The van der Waals surface area contributed by atoms with E-state index in [1.54, 1.807) is 12.1 Å². The van der Waals surface area contributed by atoms with E-state index in [2.05, 4.69) is 0 Å². The van der Waals surface area contributed by atoms with Crippen molar-refractivity contribution < 1.29 is 14.6 Å². The molecular weight excluding hydrogens is 194 g/mol. The third kappa shape index (κ3) is 3.16. The third-order valence-electron chi connectivity index (χ3n) is 2.01. The van der Waals surface area contributed by atoms with Gasteiger partial charge in [-0.1, -0.05) is 0 Å². The number of carbonyl (C=O) groups is 1. The molecule has 0 aliphatic heterocycles. The minimum Gasteiger partial charge on any atom is -0.479 e. The average Bonchev–Trinajstić information content (AvgIpc) is 2.18. The monoisotopic (exact) mass is 209 g/mol. The number of carboxylic acids is 1. The molecule has 82 valence electrons. The normalized spacial score (nSPS) is 11.9. The highest BCUT2D eigenvalue weighted by atomic mass is 16.5. The van der Waals surface area contributed by atoms with Crippen molar-refractivity contribution >= 4 is 11.7 Å². The molecule has 0 radical (unpaired) electrons. The van der Waals surface area contributed by atoms with Crippen LogP contribution in [0.25, 0.3) is 0 Å². The molecule has 0 bridgehead atoms. The zero-order valence-electron chi connectivity index (χ0n) is 9.10. The third-order valence-corrected chi connectivity index (χ3v) is 2.01. The van der Waals surface area contributed by atoms with Gasteiger partial charge in [-0.25, -0.2) is 4.79 Å². The summed E-state index contributed by atoms with van der Waals surface area (Å²) in [5.74, 6) is -0.401. The molecule has 1 aromatic carbocycles. The Bertz CT molecular complexity index is 332. The Morgan fingerprint density at radius 3 is 2.27 bits per heavy atom. The SMILES string of the molecule is C[C@H](Oc1ccc(N(C)C)cc1)C(=O)O. The smallest absolute Gasteiger partial charge is 0.344 e. The van der Waals surface area contributed by atoms with Crippen molar-refractivity contribution in [3.8, 4) is 5.75 Å². The van der Waals surface area contributed by atoms with Crippen LogP contribution in [0.3, 0.4) is 0 Å². The zero-order valence-corrected chi connectivity index (χ0v) is 9.10. The standard InChI is InChI=1S/C11H15NO3/c1-8(11(13)14)15-10-6-4-9(5-7-10)12(2)3/h4-8H,1-3H3,(H,13,14)/t8-/m0/s1. The van der Waals surface area contributed by atoms with Crippen LogP contribution < -0.4 is 9.64 Å². The molecule has 0 heterocycles. The summed E-state index contributed by atoms with van der Waals surface area (Å²) in [5, 5.41) is 8.65. The lowest BCUT2D eigenvalue weighted by molar-refractivity contribution is -0.144. The fraction of sp³-hybridized carbons (Fsp3) is 0.364. The van der Waals surface area contributed by atoms with E-state index < -0.39 is 12.1 Å². The fourth-order valence-electron chi connectivity index (χ4n) is 1.08. The van der Waals surface area contributed by atoms with Gasteiger partial charge in [0.05, 0.1) is 0 Å². The van der Waals surface area contributed by atoms with Crippen molar-refractivity contribution in [2.45, 2.75) is 13.0 Å². The van der Waals surface area contributed by atoms with E-state index >= 15 is 0 Å². The summed E-state index contributed by atoms with van der Waals surface area (Å²) >= 11 is 0. The summed E-state index contributed by atoms with van der Waals surface area (Å²) in [4.78, 5) is 12.5. The number of nitrogens with zero attached hydrogens (tertiary/aromatic N) is 1. The van der Waals surface area contributed by atoms with Crippen molar-refractivity contribution in [1.29, 1.82) is 0 Å². The molecule has 0 unspecified atom stereocenters. The molecule has 1 rings (SSSR count). The summed E-state index contributed by atoms with van der Waals surface area (Å²) in [5.41, 5.74) is 1.05. The Morgan fingerprint density at radius 1 is 1.33 bits per heavy atom. The first kappa shape index (κ1) is 11.4. The minimum atomic E-state index is -0.966. The van der Waals surface area contributed by atoms with E-state index in [4.69, 9.17) is 9.84 Å². The lowest BCUT2D eigenvalue weighted by Crippen LogP contribution is -2.22. The van der Waals surface area contributed by atoms with Gasteiger partial charge in [0.2, 0.25) is 0 Å². The van der Waals surface area contributed by atoms with Crippen LogP contribution in [0.1, 0.15) is 6.92 Å². The van der Waals surface area contributed by atoms with Gasteiger partial charge in [-0.2, -0.15) is 0 Å². The molecule has 4 nitrogen and oxygen atoms in total. The van der Waals surface area contributed by atoms with Crippen molar-refractivity contribution in [2.24, 2.45) is 0 Å². The van der Waals surface area contributed by atoms with Crippen LogP contribution in [0.5, 0.6) is 5.75 Å². The molecule has 1 aromatic rings. The largest absolute Gasteiger partial charge is 0.479 e. The van der Waals surface area contributed by atoms with E-state index in [0.717, 1.165) is 5.69 Å². The molecule has 1 N–H and O–H groups in total. The van der Waals surface area contributed by atoms with E-state index in [0.29, 0.717) is 5.75 Å². The molecule has 1 atom stereocenters. The topological polar surface area (TPSA) is 49.8 Å². The van der Waals surface area contributed by atoms with Crippen molar-refractivity contribution in [3.05, 3.63) is 24.3 Å². The lowest BCUT2D eigenvalue weighted by atomic mass is 10.3. The van der Waals surface area contributed by atoms with Crippen molar-refractivity contribution in [1.82, 2.24) is 0 Å². The Labute approximate surface area is 89.1 Å². The molecule has 4 heteroatoms. The fourth-order valence-corrected chi connectivity index (χ4v) is 1.08. The summed E-state index contributed by atoms with van der Waals surface area (Å²) in [6.45, 7) is 1.50. The summed E-state index contributed by atoms with van der Waals surface area (Å²) in [6.07, 6.45) is -0.824. The number of benzene rings is 1. The van der Waals surface area contributed by atoms with E-state index in [9.17, 15) is 4.79 Å². The second-order valence-corrected chi connectivity index (χ2v) is 3.49. The number of carboxylic acid groups (broad SMARTS) is 1. The maximum atomic E-state index is 10.5. The highest BCUT2D eigenvalue weighted by molar-refractivity contribution is 5.72. The molecule has 0 saturated heterocycles. The number of rotatable bonds is 4. The van der Waals surface area contributed by atoms with Gasteiger partial charge < -0.3 is 14.7 Å². The van der Waals surface area contributed by atoms with Crippen molar-refractivity contribution in [3.63, 3.8) is 0 Å². The first-order valence-corrected chi connectivity index (χ1v) is 4.67. The Hall–Kier alpha value is -1.71. The van der Waals surface area contributed by atoms with Gasteiger partial charge in [-0.05, 0) is 31.2 Å². The maximum absolute atomic E-state index is 10.5. The Kier molecular flexibility index (Phi) is 3.55. The highest BCUT2D eigenvalue weighted by Crippen LogP contribution is 2.18. The molecule has 0 amide bonds. The molecule has 0 aliphatic carbocycles. The number of aliphatic carboxylic acids is 1. The molecular formula is C11H15NO3. The number of anilines is 1. The minimum absolute atomic E-state index is 0.565. The summed E-state index contributed by atoms with van der Waals surface area (Å²) < 4.78 is 5.19. The van der Waals surface area contributed by atoms with Gasteiger partial charge in [0.25, 0.3) is 0 Å². The van der Waals surface area contributed by atoms with E-state index in [-0.39, 0.29) is 0 Å². The zero-order chi connectivity index (χ0) is 11.4. The number of hydrogen-bond donors (Lipinski definition) is 1. The van der Waals surface area contributed by atoms with Crippen LogP contribution in [-0.2, 0) is 4.79 Å². The predicted molar refractivity (Wildman–Crippen MR) is 58.5 cm³/mol. The summed E-state index contributed by atoms with van der Waals surface area (Å²) in [7, 11) is 3.88. The first-order chi connectivity index (χ1) is 7.00. The number of hydrogen-bond acceptors (Lipinski definition) is 3. The van der Waals surface area contributed by atoms with Crippen LogP contribution in [0.4, 0.5) is 5.69 Å². The van der Waals surface area contributed by atoms with Crippen LogP contribution >= 0.6 is 0 Å².